The molecule has 1 unspecified atom stereocenters. The zero-order valence-electron chi connectivity index (χ0n) is 11.9. The smallest absolute Gasteiger partial charge is 0.256 e. The highest BCUT2D eigenvalue weighted by atomic mass is 32.2. The molecule has 1 aromatic heterocycles. The molecule has 0 radical (unpaired) electrons. The number of nitrogens with one attached hydrogen (secondary N) is 1. The lowest BCUT2D eigenvalue weighted by Crippen LogP contribution is -2.40. The Bertz CT molecular complexity index is 779. The van der Waals surface area contributed by atoms with Gasteiger partial charge in [-0.15, -0.1) is 0 Å². The lowest BCUT2D eigenvalue weighted by molar-refractivity contribution is 0.0710. The molecule has 0 spiro atoms. The summed E-state index contributed by atoms with van der Waals surface area (Å²) in [7, 11) is -3.00. The van der Waals surface area contributed by atoms with Crippen molar-refractivity contribution >= 4 is 26.6 Å². The van der Waals surface area contributed by atoms with Crippen molar-refractivity contribution in [2.24, 2.45) is 0 Å². The van der Waals surface area contributed by atoms with E-state index >= 15 is 0 Å². The molecule has 1 saturated heterocycles. The van der Waals surface area contributed by atoms with Crippen molar-refractivity contribution in [2.45, 2.75) is 19.4 Å². The molecule has 1 aliphatic rings. The largest absolute Gasteiger partial charge is 0.360 e. The molecule has 6 heteroatoms. The SMILES string of the molecule is CCN(C(=O)c1c[nH]c2ccccc12)C1CCS(=O)(=O)C1. The normalized spacial score (nSPS) is 20.7. The predicted octanol–water partition coefficient (Wildman–Crippen LogP) is 1.82. The predicted molar refractivity (Wildman–Crippen MR) is 82.1 cm³/mol. The third kappa shape index (κ3) is 2.55. The first-order chi connectivity index (χ1) is 10.0. The van der Waals surface area contributed by atoms with Crippen molar-refractivity contribution in [1.82, 2.24) is 9.88 Å². The van der Waals surface area contributed by atoms with Gasteiger partial charge in [-0.25, -0.2) is 8.42 Å². The molecule has 1 N–H and O–H groups in total. The minimum absolute atomic E-state index is 0.0783. The van der Waals surface area contributed by atoms with Crippen molar-refractivity contribution in [2.75, 3.05) is 18.1 Å². The van der Waals surface area contributed by atoms with Crippen LogP contribution >= 0.6 is 0 Å². The average Bonchev–Trinajstić information content (AvgIpc) is 3.03. The number of rotatable bonds is 3. The zero-order chi connectivity index (χ0) is 15.0. The van der Waals surface area contributed by atoms with Crippen LogP contribution in [0.25, 0.3) is 10.9 Å². The summed E-state index contributed by atoms with van der Waals surface area (Å²) in [5, 5.41) is 0.877. The van der Waals surface area contributed by atoms with Gasteiger partial charge in [0.05, 0.1) is 17.1 Å². The van der Waals surface area contributed by atoms with Gasteiger partial charge >= 0.3 is 0 Å². The first-order valence-corrected chi connectivity index (χ1v) is 8.91. The molecule has 0 bridgehead atoms. The van der Waals surface area contributed by atoms with E-state index in [1.165, 1.54) is 0 Å². The maximum Gasteiger partial charge on any atom is 0.256 e. The second kappa shape index (κ2) is 5.18. The molecule has 1 aromatic carbocycles. The molecule has 1 amide bonds. The summed E-state index contributed by atoms with van der Waals surface area (Å²) in [6, 6.07) is 7.42. The molecule has 1 atom stereocenters. The molecule has 3 rings (SSSR count). The van der Waals surface area contributed by atoms with E-state index in [4.69, 9.17) is 0 Å². The number of sulfone groups is 1. The van der Waals surface area contributed by atoms with Crippen LogP contribution in [0.15, 0.2) is 30.5 Å². The molecule has 5 nitrogen and oxygen atoms in total. The fraction of sp³-hybridized carbons (Fsp3) is 0.400. The third-order valence-corrected chi connectivity index (χ3v) is 5.82. The van der Waals surface area contributed by atoms with Gasteiger partial charge in [0, 0.05) is 29.7 Å². The summed E-state index contributed by atoms with van der Waals surface area (Å²) in [5.41, 5.74) is 1.52. The van der Waals surface area contributed by atoms with Gasteiger partial charge in [0.15, 0.2) is 9.84 Å². The van der Waals surface area contributed by atoms with E-state index in [1.807, 2.05) is 31.2 Å². The lowest BCUT2D eigenvalue weighted by atomic mass is 10.1. The number of nitrogens with zero attached hydrogens (tertiary/aromatic N) is 1. The Kier molecular flexibility index (Phi) is 3.49. The number of carbonyl (C=O) groups is 1. The van der Waals surface area contributed by atoms with E-state index in [-0.39, 0.29) is 23.5 Å². The monoisotopic (exact) mass is 306 g/mol. The quantitative estimate of drug-likeness (QED) is 0.940. The van der Waals surface area contributed by atoms with Crippen LogP contribution in [0.4, 0.5) is 0 Å². The molecule has 2 aromatic rings. The molecule has 0 aliphatic carbocycles. The first-order valence-electron chi connectivity index (χ1n) is 7.09. The van der Waals surface area contributed by atoms with E-state index in [0.717, 1.165) is 10.9 Å². The van der Waals surface area contributed by atoms with Crippen molar-refractivity contribution in [1.29, 1.82) is 0 Å². The van der Waals surface area contributed by atoms with Crippen LogP contribution in [0, 0.1) is 0 Å². The Hall–Kier alpha value is -1.82. The second-order valence-electron chi connectivity index (χ2n) is 5.40. The molecular weight excluding hydrogens is 288 g/mol. The van der Waals surface area contributed by atoms with E-state index in [1.54, 1.807) is 11.1 Å². The molecular formula is C15H18N2O3S. The van der Waals surface area contributed by atoms with Crippen LogP contribution in [-0.4, -0.2) is 48.3 Å². The van der Waals surface area contributed by atoms with Gasteiger partial charge in [-0.05, 0) is 19.4 Å². The summed E-state index contributed by atoms with van der Waals surface area (Å²) in [4.78, 5) is 17.5. The van der Waals surface area contributed by atoms with Gasteiger partial charge in [-0.3, -0.25) is 4.79 Å². The Morgan fingerprint density at radius 1 is 1.38 bits per heavy atom. The highest BCUT2D eigenvalue weighted by Crippen LogP contribution is 2.23. The number of fused-ring (bicyclic) bond motifs is 1. The van der Waals surface area contributed by atoms with Crippen molar-refractivity contribution in [3.8, 4) is 0 Å². The highest BCUT2D eigenvalue weighted by Gasteiger charge is 2.34. The minimum Gasteiger partial charge on any atom is -0.360 e. The highest BCUT2D eigenvalue weighted by molar-refractivity contribution is 7.91. The second-order valence-corrected chi connectivity index (χ2v) is 7.62. The Morgan fingerprint density at radius 2 is 2.14 bits per heavy atom. The zero-order valence-corrected chi connectivity index (χ0v) is 12.7. The number of benzene rings is 1. The van der Waals surface area contributed by atoms with E-state index in [2.05, 4.69) is 4.98 Å². The lowest BCUT2D eigenvalue weighted by Gasteiger charge is -2.26. The molecule has 112 valence electrons. The van der Waals surface area contributed by atoms with Crippen LogP contribution in [0.2, 0.25) is 0 Å². The summed E-state index contributed by atoms with van der Waals surface area (Å²) >= 11 is 0. The van der Waals surface area contributed by atoms with E-state index in [0.29, 0.717) is 18.5 Å². The molecule has 21 heavy (non-hydrogen) atoms. The van der Waals surface area contributed by atoms with Gasteiger partial charge in [0.2, 0.25) is 0 Å². The van der Waals surface area contributed by atoms with Gasteiger partial charge in [-0.2, -0.15) is 0 Å². The number of carbonyl (C=O) groups excluding carboxylic acids is 1. The fourth-order valence-electron chi connectivity index (χ4n) is 2.99. The fourth-order valence-corrected chi connectivity index (χ4v) is 4.72. The Morgan fingerprint density at radius 3 is 2.81 bits per heavy atom. The van der Waals surface area contributed by atoms with Crippen LogP contribution in [0.1, 0.15) is 23.7 Å². The van der Waals surface area contributed by atoms with Gasteiger partial charge in [-0.1, -0.05) is 18.2 Å². The van der Waals surface area contributed by atoms with E-state index < -0.39 is 9.84 Å². The summed E-state index contributed by atoms with van der Waals surface area (Å²) in [6.45, 7) is 2.40. The summed E-state index contributed by atoms with van der Waals surface area (Å²) in [6.07, 6.45) is 2.24. The molecule has 2 heterocycles. The van der Waals surface area contributed by atoms with Gasteiger partial charge in [0.25, 0.3) is 5.91 Å². The summed E-state index contributed by atoms with van der Waals surface area (Å²) < 4.78 is 23.3. The van der Waals surface area contributed by atoms with Gasteiger partial charge < -0.3 is 9.88 Å². The number of hydrogen-bond donors (Lipinski definition) is 1. The van der Waals surface area contributed by atoms with Crippen molar-refractivity contribution < 1.29 is 13.2 Å². The Balaban J connectivity index is 1.93. The maximum absolute atomic E-state index is 12.8. The Labute approximate surface area is 123 Å². The van der Waals surface area contributed by atoms with Crippen LogP contribution < -0.4 is 0 Å². The molecule has 0 saturated carbocycles. The molecule has 1 fully saturated rings. The number of para-hydroxylation sites is 1. The van der Waals surface area contributed by atoms with Crippen molar-refractivity contribution in [3.63, 3.8) is 0 Å². The summed E-state index contributed by atoms with van der Waals surface area (Å²) in [5.74, 6) is 0.154. The number of H-pyrrole nitrogens is 1. The number of hydrogen-bond acceptors (Lipinski definition) is 3. The number of aromatic amines is 1. The van der Waals surface area contributed by atoms with Gasteiger partial charge in [0.1, 0.15) is 0 Å². The number of aromatic nitrogens is 1. The average molecular weight is 306 g/mol. The van der Waals surface area contributed by atoms with Crippen LogP contribution in [0.3, 0.4) is 0 Å². The topological polar surface area (TPSA) is 70.2 Å². The van der Waals surface area contributed by atoms with Crippen LogP contribution in [0.5, 0.6) is 0 Å². The number of amides is 1. The van der Waals surface area contributed by atoms with Crippen molar-refractivity contribution in [3.05, 3.63) is 36.0 Å². The standard InChI is InChI=1S/C15H18N2O3S/c1-2-17(11-7-8-21(19,20)10-11)15(18)13-9-16-14-6-4-3-5-12(13)14/h3-6,9,11,16H,2,7-8,10H2,1H3. The molecule has 1 aliphatic heterocycles. The third-order valence-electron chi connectivity index (χ3n) is 4.07. The minimum atomic E-state index is -3.00. The van der Waals surface area contributed by atoms with E-state index in [9.17, 15) is 13.2 Å². The maximum atomic E-state index is 12.8. The first kappa shape index (κ1) is 14.1. The van der Waals surface area contributed by atoms with Crippen LogP contribution in [-0.2, 0) is 9.84 Å².